The van der Waals surface area contributed by atoms with Crippen LogP contribution >= 0.6 is 35.6 Å². The van der Waals surface area contributed by atoms with Gasteiger partial charge < -0.3 is 19.5 Å². The van der Waals surface area contributed by atoms with E-state index in [9.17, 15) is 0 Å². The lowest BCUT2D eigenvalue weighted by molar-refractivity contribution is 0.396. The predicted octanol–water partition coefficient (Wildman–Crippen LogP) is 3.30. The average Bonchev–Trinajstić information content (AvgIpc) is 2.88. The van der Waals surface area contributed by atoms with Crippen LogP contribution in [-0.4, -0.2) is 41.1 Å². The third-order valence-electron chi connectivity index (χ3n) is 3.55. The first-order valence-corrected chi connectivity index (χ1v) is 8.21. The molecule has 138 valence electrons. The smallest absolute Gasteiger partial charge is 0.213 e. The largest absolute Gasteiger partial charge is 0.481 e. The van der Waals surface area contributed by atoms with Crippen molar-refractivity contribution in [2.75, 3.05) is 20.7 Å². The SMILES string of the molecule is CCNC(=NCc1cccc(OC)n1)N(C)Cc1cc(Cl)cn1C.I. The van der Waals surface area contributed by atoms with Crippen LogP contribution in [0.1, 0.15) is 18.3 Å². The highest BCUT2D eigenvalue weighted by molar-refractivity contribution is 14.0. The maximum absolute atomic E-state index is 6.05. The minimum atomic E-state index is 0. The molecule has 2 rings (SSSR count). The molecule has 0 aliphatic heterocycles. The molecule has 0 saturated carbocycles. The zero-order valence-corrected chi connectivity index (χ0v) is 18.1. The highest BCUT2D eigenvalue weighted by atomic mass is 127. The van der Waals surface area contributed by atoms with Crippen LogP contribution in [0.3, 0.4) is 0 Å². The van der Waals surface area contributed by atoms with Gasteiger partial charge in [0.1, 0.15) is 0 Å². The first-order valence-electron chi connectivity index (χ1n) is 7.83. The molecule has 0 amide bonds. The Morgan fingerprint density at radius 2 is 2.20 bits per heavy atom. The maximum Gasteiger partial charge on any atom is 0.213 e. The summed E-state index contributed by atoms with van der Waals surface area (Å²) in [6.45, 7) is 4.04. The molecule has 0 radical (unpaired) electrons. The molecule has 2 aromatic heterocycles. The molecule has 0 spiro atoms. The van der Waals surface area contributed by atoms with Gasteiger partial charge in [-0.25, -0.2) is 9.98 Å². The first-order chi connectivity index (χ1) is 11.5. The highest BCUT2D eigenvalue weighted by Crippen LogP contribution is 2.14. The van der Waals surface area contributed by atoms with E-state index in [0.717, 1.165) is 28.9 Å². The van der Waals surface area contributed by atoms with Gasteiger partial charge in [0, 0.05) is 38.6 Å². The van der Waals surface area contributed by atoms with E-state index in [4.69, 9.17) is 16.3 Å². The minimum absolute atomic E-state index is 0. The molecule has 2 heterocycles. The lowest BCUT2D eigenvalue weighted by atomic mass is 10.3. The lowest BCUT2D eigenvalue weighted by Crippen LogP contribution is -2.38. The summed E-state index contributed by atoms with van der Waals surface area (Å²) in [7, 11) is 5.60. The number of aryl methyl sites for hydroxylation is 1. The van der Waals surface area contributed by atoms with Gasteiger partial charge in [0.25, 0.3) is 0 Å². The van der Waals surface area contributed by atoms with Gasteiger partial charge >= 0.3 is 0 Å². The fraction of sp³-hybridized carbons (Fsp3) is 0.412. The summed E-state index contributed by atoms with van der Waals surface area (Å²) in [5.74, 6) is 1.42. The standard InChI is InChI=1S/C17H24ClN5O.HI/c1-5-19-17(20-10-14-7-6-8-16(21-14)24-4)23(3)12-15-9-13(18)11-22(15)2;/h6-9,11H,5,10,12H2,1-4H3,(H,19,20);1H. The van der Waals surface area contributed by atoms with Crippen molar-refractivity contribution in [2.45, 2.75) is 20.0 Å². The zero-order valence-electron chi connectivity index (χ0n) is 15.0. The maximum atomic E-state index is 6.05. The second-order valence-electron chi connectivity index (χ2n) is 5.46. The third kappa shape index (κ3) is 6.39. The molecule has 0 aliphatic rings. The fourth-order valence-electron chi connectivity index (χ4n) is 2.33. The number of nitrogens with one attached hydrogen (secondary N) is 1. The Labute approximate surface area is 171 Å². The van der Waals surface area contributed by atoms with E-state index in [1.54, 1.807) is 7.11 Å². The summed E-state index contributed by atoms with van der Waals surface area (Å²) in [4.78, 5) is 11.1. The summed E-state index contributed by atoms with van der Waals surface area (Å²) in [5.41, 5.74) is 1.98. The van der Waals surface area contributed by atoms with Crippen molar-refractivity contribution < 1.29 is 4.74 Å². The third-order valence-corrected chi connectivity index (χ3v) is 3.76. The molecule has 1 N–H and O–H groups in total. The predicted molar refractivity (Wildman–Crippen MR) is 113 cm³/mol. The topological polar surface area (TPSA) is 54.7 Å². The van der Waals surface area contributed by atoms with Crippen LogP contribution in [0.5, 0.6) is 5.88 Å². The van der Waals surface area contributed by atoms with Gasteiger partial charge in [0.15, 0.2) is 5.96 Å². The Morgan fingerprint density at radius 3 is 2.80 bits per heavy atom. The van der Waals surface area contributed by atoms with E-state index in [1.165, 1.54) is 0 Å². The second-order valence-corrected chi connectivity index (χ2v) is 5.89. The molecule has 0 unspecified atom stereocenters. The number of rotatable bonds is 6. The van der Waals surface area contributed by atoms with Crippen molar-refractivity contribution in [2.24, 2.45) is 12.0 Å². The molecule has 0 saturated heterocycles. The minimum Gasteiger partial charge on any atom is -0.481 e. The Bertz CT molecular complexity index is 704. The summed E-state index contributed by atoms with van der Waals surface area (Å²) in [5, 5.41) is 4.04. The summed E-state index contributed by atoms with van der Waals surface area (Å²) >= 11 is 6.05. The van der Waals surface area contributed by atoms with Crippen molar-refractivity contribution in [3.63, 3.8) is 0 Å². The van der Waals surface area contributed by atoms with Crippen LogP contribution in [0.15, 0.2) is 35.5 Å². The molecule has 2 aromatic rings. The van der Waals surface area contributed by atoms with Crippen molar-refractivity contribution >= 4 is 41.5 Å². The number of hydrogen-bond acceptors (Lipinski definition) is 3. The number of nitrogens with zero attached hydrogens (tertiary/aromatic N) is 4. The van der Waals surface area contributed by atoms with Gasteiger partial charge in [0.05, 0.1) is 30.9 Å². The number of hydrogen-bond donors (Lipinski definition) is 1. The van der Waals surface area contributed by atoms with Gasteiger partial charge in [-0.15, -0.1) is 24.0 Å². The van der Waals surface area contributed by atoms with Gasteiger partial charge in [-0.2, -0.15) is 0 Å². The molecule has 25 heavy (non-hydrogen) atoms. The van der Waals surface area contributed by atoms with E-state index in [2.05, 4.69) is 20.2 Å². The number of aliphatic imine (C=N–C) groups is 1. The number of methoxy groups -OCH3 is 1. The summed E-state index contributed by atoms with van der Waals surface area (Å²) in [6, 6.07) is 7.64. The van der Waals surface area contributed by atoms with Crippen LogP contribution in [-0.2, 0) is 20.1 Å². The molecule has 6 nitrogen and oxygen atoms in total. The molecule has 0 fully saturated rings. The normalized spacial score (nSPS) is 11.0. The van der Waals surface area contributed by atoms with Crippen molar-refractivity contribution in [3.05, 3.63) is 46.9 Å². The van der Waals surface area contributed by atoms with E-state index in [1.807, 2.05) is 56.0 Å². The molecule has 0 aromatic carbocycles. The van der Waals surface area contributed by atoms with Crippen molar-refractivity contribution in [1.82, 2.24) is 19.8 Å². The van der Waals surface area contributed by atoms with Crippen LogP contribution < -0.4 is 10.1 Å². The fourth-order valence-corrected chi connectivity index (χ4v) is 2.60. The van der Waals surface area contributed by atoms with E-state index >= 15 is 0 Å². The Kier molecular flexibility index (Phi) is 9.05. The molecular formula is C17H25ClIN5O. The highest BCUT2D eigenvalue weighted by Gasteiger charge is 2.10. The Hall–Kier alpha value is -1.48. The molecule has 0 bridgehead atoms. The van der Waals surface area contributed by atoms with E-state index in [0.29, 0.717) is 19.0 Å². The number of halogens is 2. The zero-order chi connectivity index (χ0) is 17.5. The summed E-state index contributed by atoms with van der Waals surface area (Å²) in [6.07, 6.45) is 1.90. The van der Waals surface area contributed by atoms with Crippen LogP contribution in [0.25, 0.3) is 0 Å². The summed E-state index contributed by atoms with van der Waals surface area (Å²) < 4.78 is 7.17. The number of pyridine rings is 1. The van der Waals surface area contributed by atoms with Crippen LogP contribution in [0.2, 0.25) is 5.02 Å². The van der Waals surface area contributed by atoms with Gasteiger partial charge in [-0.05, 0) is 19.1 Å². The lowest BCUT2D eigenvalue weighted by Gasteiger charge is -2.22. The number of aromatic nitrogens is 2. The van der Waals surface area contributed by atoms with Crippen molar-refractivity contribution in [3.8, 4) is 5.88 Å². The molecule has 0 aliphatic carbocycles. The number of guanidine groups is 1. The number of ether oxygens (including phenoxy) is 1. The van der Waals surface area contributed by atoms with Crippen LogP contribution in [0, 0.1) is 0 Å². The average molecular weight is 478 g/mol. The first kappa shape index (κ1) is 21.6. The molecule has 8 heteroatoms. The second kappa shape index (κ2) is 10.5. The Morgan fingerprint density at radius 1 is 1.44 bits per heavy atom. The molecular weight excluding hydrogens is 453 g/mol. The monoisotopic (exact) mass is 477 g/mol. The van der Waals surface area contributed by atoms with Gasteiger partial charge in [0.2, 0.25) is 5.88 Å². The van der Waals surface area contributed by atoms with E-state index < -0.39 is 0 Å². The van der Waals surface area contributed by atoms with Crippen LogP contribution in [0.4, 0.5) is 0 Å². The quantitative estimate of drug-likeness (QED) is 0.394. The van der Waals surface area contributed by atoms with E-state index in [-0.39, 0.29) is 24.0 Å². The van der Waals surface area contributed by atoms with Gasteiger partial charge in [-0.3, -0.25) is 0 Å². The van der Waals surface area contributed by atoms with Gasteiger partial charge in [-0.1, -0.05) is 17.7 Å². The Balaban J connectivity index is 0.00000312. The molecule has 0 atom stereocenters. The van der Waals surface area contributed by atoms with Crippen molar-refractivity contribution in [1.29, 1.82) is 0 Å².